The van der Waals surface area contributed by atoms with Gasteiger partial charge in [0.2, 0.25) is 5.91 Å². The number of hydrogen-bond donors (Lipinski definition) is 3. The first-order chi connectivity index (χ1) is 14.4. The first kappa shape index (κ1) is 21.9. The molecule has 5 fully saturated rings. The topological polar surface area (TPSA) is 82.7 Å². The number of morpholine rings is 1. The molecule has 1 heterocycles. The summed E-state index contributed by atoms with van der Waals surface area (Å²) < 4.78 is 5.78. The fourth-order valence-corrected chi connectivity index (χ4v) is 6.74. The Kier molecular flexibility index (Phi) is 6.88. The van der Waals surface area contributed by atoms with Gasteiger partial charge in [-0.1, -0.05) is 13.8 Å². The van der Waals surface area contributed by atoms with Crippen LogP contribution in [0.1, 0.15) is 58.8 Å². The van der Waals surface area contributed by atoms with Gasteiger partial charge in [0.1, 0.15) is 0 Å². The monoisotopic (exact) mass is 420 g/mol. The van der Waals surface area contributed by atoms with Crippen molar-refractivity contribution in [1.29, 1.82) is 0 Å². The molecule has 3 N–H and O–H groups in total. The summed E-state index contributed by atoms with van der Waals surface area (Å²) in [4.78, 5) is 27.0. The second-order valence-corrected chi connectivity index (χ2v) is 10.8. The van der Waals surface area contributed by atoms with Crippen LogP contribution in [0.25, 0.3) is 0 Å². The zero-order valence-corrected chi connectivity index (χ0v) is 18.8. The van der Waals surface area contributed by atoms with Gasteiger partial charge in [-0.15, -0.1) is 0 Å². The molecule has 7 heteroatoms. The molecule has 1 saturated heterocycles. The third-order valence-corrected chi connectivity index (χ3v) is 7.43. The SMILES string of the molecule is CC(C)CN1CCOC(CNC(=O)CCNC(=O)NC23CC4CC(CC(C4)C2)C3)C1. The van der Waals surface area contributed by atoms with Gasteiger partial charge in [-0.05, 0) is 62.2 Å². The highest BCUT2D eigenvalue weighted by Gasteiger charge is 2.51. The minimum absolute atomic E-state index is 0.0152. The summed E-state index contributed by atoms with van der Waals surface area (Å²) in [5, 5.41) is 9.16. The largest absolute Gasteiger partial charge is 0.374 e. The number of hydrogen-bond acceptors (Lipinski definition) is 4. The maximum Gasteiger partial charge on any atom is 0.315 e. The van der Waals surface area contributed by atoms with Crippen LogP contribution >= 0.6 is 0 Å². The number of rotatable bonds is 8. The van der Waals surface area contributed by atoms with Crippen molar-refractivity contribution in [2.45, 2.75) is 70.4 Å². The molecule has 4 bridgehead atoms. The summed E-state index contributed by atoms with van der Waals surface area (Å²) in [5.74, 6) is 3.02. The number of carbonyl (C=O) groups is 2. The molecule has 30 heavy (non-hydrogen) atoms. The number of nitrogens with zero attached hydrogens (tertiary/aromatic N) is 1. The van der Waals surface area contributed by atoms with E-state index in [0.29, 0.717) is 25.4 Å². The molecule has 0 aromatic heterocycles. The van der Waals surface area contributed by atoms with Crippen LogP contribution in [0, 0.1) is 23.7 Å². The highest BCUT2D eigenvalue weighted by atomic mass is 16.5. The van der Waals surface area contributed by atoms with E-state index in [1.54, 1.807) is 0 Å². The van der Waals surface area contributed by atoms with E-state index in [-0.39, 0.29) is 23.6 Å². The van der Waals surface area contributed by atoms with E-state index in [2.05, 4.69) is 34.7 Å². The Labute approximate surface area is 181 Å². The van der Waals surface area contributed by atoms with Crippen LogP contribution in [0.15, 0.2) is 0 Å². The third-order valence-electron chi connectivity index (χ3n) is 7.43. The molecule has 5 aliphatic rings. The molecule has 4 saturated carbocycles. The van der Waals surface area contributed by atoms with E-state index >= 15 is 0 Å². The normalized spacial score (nSPS) is 35.4. The molecule has 0 spiro atoms. The quantitative estimate of drug-likeness (QED) is 0.562. The zero-order valence-electron chi connectivity index (χ0n) is 18.8. The summed E-state index contributed by atoms with van der Waals surface area (Å²) in [6.45, 7) is 8.96. The van der Waals surface area contributed by atoms with Crippen molar-refractivity contribution in [2.75, 3.05) is 39.3 Å². The summed E-state index contributed by atoms with van der Waals surface area (Å²) >= 11 is 0. The summed E-state index contributed by atoms with van der Waals surface area (Å²) in [6.07, 6.45) is 7.87. The molecule has 1 unspecified atom stereocenters. The summed E-state index contributed by atoms with van der Waals surface area (Å²) in [7, 11) is 0. The van der Waals surface area contributed by atoms with Crippen molar-refractivity contribution in [2.24, 2.45) is 23.7 Å². The van der Waals surface area contributed by atoms with Gasteiger partial charge < -0.3 is 20.7 Å². The van der Waals surface area contributed by atoms with Gasteiger partial charge in [-0.3, -0.25) is 9.69 Å². The van der Waals surface area contributed by atoms with Crippen LogP contribution in [0.2, 0.25) is 0 Å². The molecule has 0 radical (unpaired) electrons. The van der Waals surface area contributed by atoms with Crippen molar-refractivity contribution in [3.63, 3.8) is 0 Å². The van der Waals surface area contributed by atoms with Gasteiger partial charge in [-0.2, -0.15) is 0 Å². The summed E-state index contributed by atoms with van der Waals surface area (Å²) in [5.41, 5.74) is 0.0152. The van der Waals surface area contributed by atoms with Crippen LogP contribution in [-0.2, 0) is 9.53 Å². The van der Waals surface area contributed by atoms with E-state index in [1.807, 2.05) is 0 Å². The Balaban J connectivity index is 1.11. The Morgan fingerprint density at radius 1 is 1.07 bits per heavy atom. The van der Waals surface area contributed by atoms with Crippen molar-refractivity contribution in [3.05, 3.63) is 0 Å². The van der Waals surface area contributed by atoms with Crippen LogP contribution in [0.5, 0.6) is 0 Å². The maximum absolute atomic E-state index is 12.5. The van der Waals surface area contributed by atoms with E-state index in [0.717, 1.165) is 63.3 Å². The molecule has 1 atom stereocenters. The Morgan fingerprint density at radius 3 is 2.37 bits per heavy atom. The average Bonchev–Trinajstić information content (AvgIpc) is 2.64. The molecular formula is C23H40N4O3. The van der Waals surface area contributed by atoms with Gasteiger partial charge >= 0.3 is 6.03 Å². The second kappa shape index (κ2) is 9.43. The van der Waals surface area contributed by atoms with E-state index < -0.39 is 0 Å². The third kappa shape index (κ3) is 5.67. The number of nitrogens with one attached hydrogen (secondary N) is 3. The highest BCUT2D eigenvalue weighted by molar-refractivity contribution is 5.78. The molecule has 4 aliphatic carbocycles. The predicted molar refractivity (Wildman–Crippen MR) is 116 cm³/mol. The number of amides is 3. The lowest BCUT2D eigenvalue weighted by Gasteiger charge is -2.56. The van der Waals surface area contributed by atoms with Crippen molar-refractivity contribution in [3.8, 4) is 0 Å². The fourth-order valence-electron chi connectivity index (χ4n) is 6.74. The molecule has 0 aromatic rings. The zero-order chi connectivity index (χ0) is 21.1. The number of ether oxygens (including phenoxy) is 1. The Morgan fingerprint density at radius 2 is 1.73 bits per heavy atom. The smallest absolute Gasteiger partial charge is 0.315 e. The summed E-state index contributed by atoms with van der Waals surface area (Å²) in [6, 6.07) is -0.107. The second-order valence-electron chi connectivity index (χ2n) is 10.8. The van der Waals surface area contributed by atoms with E-state index in [1.165, 1.54) is 19.3 Å². The van der Waals surface area contributed by atoms with Crippen LogP contribution in [-0.4, -0.2) is 67.8 Å². The minimum atomic E-state index is -0.107. The van der Waals surface area contributed by atoms with Crippen molar-refractivity contribution in [1.82, 2.24) is 20.9 Å². The van der Waals surface area contributed by atoms with E-state index in [4.69, 9.17) is 4.74 Å². The van der Waals surface area contributed by atoms with Gasteiger partial charge in [-0.25, -0.2) is 4.79 Å². The van der Waals surface area contributed by atoms with Gasteiger partial charge in [0.15, 0.2) is 0 Å². The first-order valence-corrected chi connectivity index (χ1v) is 12.1. The van der Waals surface area contributed by atoms with Crippen molar-refractivity contribution < 1.29 is 14.3 Å². The van der Waals surface area contributed by atoms with Crippen molar-refractivity contribution >= 4 is 11.9 Å². The lowest BCUT2D eigenvalue weighted by molar-refractivity contribution is -0.122. The first-order valence-electron chi connectivity index (χ1n) is 12.1. The lowest BCUT2D eigenvalue weighted by Crippen LogP contribution is -2.61. The Hall–Kier alpha value is -1.34. The molecule has 3 amide bonds. The Bertz CT molecular complexity index is 588. The molecule has 0 aromatic carbocycles. The van der Waals surface area contributed by atoms with Crippen LogP contribution in [0.4, 0.5) is 4.79 Å². The fraction of sp³-hybridized carbons (Fsp3) is 0.913. The van der Waals surface area contributed by atoms with E-state index in [9.17, 15) is 9.59 Å². The van der Waals surface area contributed by atoms with Gasteiger partial charge in [0.05, 0.1) is 12.7 Å². The molecular weight excluding hydrogens is 380 g/mol. The van der Waals surface area contributed by atoms with Gasteiger partial charge in [0, 0.05) is 44.7 Å². The average molecular weight is 421 g/mol. The minimum Gasteiger partial charge on any atom is -0.374 e. The molecule has 170 valence electrons. The molecule has 5 rings (SSSR count). The van der Waals surface area contributed by atoms with Crippen LogP contribution < -0.4 is 16.0 Å². The highest BCUT2D eigenvalue weighted by Crippen LogP contribution is 2.55. The molecule has 1 aliphatic heterocycles. The molecule has 7 nitrogen and oxygen atoms in total. The standard InChI is InChI=1S/C23H40N4O3/c1-16(2)14-27-5-6-30-20(15-27)13-25-21(28)3-4-24-22(29)26-23-10-17-7-18(11-23)9-19(8-17)12-23/h16-20H,3-15H2,1-2H3,(H,25,28)(H2,24,26,29). The number of carbonyl (C=O) groups excluding carboxylic acids is 2. The maximum atomic E-state index is 12.5. The predicted octanol–water partition coefficient (Wildman–Crippen LogP) is 2.12. The van der Waals surface area contributed by atoms with Gasteiger partial charge in [0.25, 0.3) is 0 Å². The van der Waals surface area contributed by atoms with Crippen LogP contribution in [0.3, 0.4) is 0 Å². The lowest BCUT2D eigenvalue weighted by atomic mass is 9.53. The number of urea groups is 1.